The second-order valence-electron chi connectivity index (χ2n) is 3.41. The monoisotopic (exact) mass is 280 g/mol. The highest BCUT2D eigenvalue weighted by molar-refractivity contribution is 7.86. The van der Waals surface area contributed by atoms with Gasteiger partial charge in [0.25, 0.3) is 0 Å². The van der Waals surface area contributed by atoms with Crippen molar-refractivity contribution in [2.75, 3.05) is 0 Å². The van der Waals surface area contributed by atoms with Crippen molar-refractivity contribution in [3.05, 3.63) is 41.8 Å². The average Bonchev–Trinajstić information content (AvgIpc) is 3.12. The topological polar surface area (TPSA) is 69.1 Å². The summed E-state index contributed by atoms with van der Waals surface area (Å²) in [4.78, 5) is 4.14. The molecule has 0 amide bonds. The third-order valence-corrected chi connectivity index (χ3v) is 4.79. The third-order valence-electron chi connectivity index (χ3n) is 2.18. The Hall–Kier alpha value is -1.73. The van der Waals surface area contributed by atoms with E-state index in [-0.39, 0.29) is 5.75 Å². The quantitative estimate of drug-likeness (QED) is 0.735. The van der Waals surface area contributed by atoms with Crippen molar-refractivity contribution in [1.82, 2.24) is 10.1 Å². The van der Waals surface area contributed by atoms with E-state index in [1.165, 1.54) is 17.6 Å². The van der Waals surface area contributed by atoms with Gasteiger partial charge in [-0.05, 0) is 23.6 Å². The summed E-state index contributed by atoms with van der Waals surface area (Å²) in [6.45, 7) is 0. The first-order chi connectivity index (χ1) is 8.83. The van der Waals surface area contributed by atoms with Crippen molar-refractivity contribution in [2.45, 2.75) is 9.96 Å². The number of hydrogen-bond acceptors (Lipinski definition) is 6. The number of thiophene rings is 1. The van der Waals surface area contributed by atoms with Crippen molar-refractivity contribution in [3.63, 3.8) is 0 Å². The lowest BCUT2D eigenvalue weighted by Crippen LogP contribution is -1.94. The van der Waals surface area contributed by atoms with Gasteiger partial charge < -0.3 is 8.94 Å². The molecular weight excluding hydrogens is 272 g/mol. The fourth-order valence-corrected chi connectivity index (χ4v) is 3.33. The Balaban J connectivity index is 1.76. The lowest BCUT2D eigenvalue weighted by atomic mass is 10.4. The lowest BCUT2D eigenvalue weighted by molar-refractivity contribution is 0.389. The molecule has 0 saturated heterocycles. The Bertz CT molecular complexity index is 644. The van der Waals surface area contributed by atoms with Crippen molar-refractivity contribution >= 4 is 22.1 Å². The summed E-state index contributed by atoms with van der Waals surface area (Å²) in [5.74, 6) is 1.46. The first-order valence-electron chi connectivity index (χ1n) is 5.11. The number of nitrogens with zero attached hydrogens (tertiary/aromatic N) is 2. The van der Waals surface area contributed by atoms with E-state index in [0.29, 0.717) is 17.5 Å². The van der Waals surface area contributed by atoms with Gasteiger partial charge in [0.15, 0.2) is 5.76 Å². The van der Waals surface area contributed by atoms with E-state index in [9.17, 15) is 4.21 Å². The molecule has 92 valence electrons. The zero-order valence-corrected chi connectivity index (χ0v) is 10.7. The van der Waals surface area contributed by atoms with Crippen molar-refractivity contribution in [1.29, 1.82) is 0 Å². The van der Waals surface area contributed by atoms with Gasteiger partial charge in [-0.2, -0.15) is 4.98 Å². The van der Waals surface area contributed by atoms with Crippen LogP contribution < -0.4 is 0 Å². The minimum atomic E-state index is -1.15. The minimum Gasteiger partial charge on any atom is -0.461 e. The van der Waals surface area contributed by atoms with Crippen molar-refractivity contribution < 1.29 is 13.1 Å². The Kier molecular flexibility index (Phi) is 3.07. The van der Waals surface area contributed by atoms with Gasteiger partial charge in [-0.3, -0.25) is 4.21 Å². The summed E-state index contributed by atoms with van der Waals surface area (Å²) < 4.78 is 22.9. The maximum absolute atomic E-state index is 11.9. The summed E-state index contributed by atoms with van der Waals surface area (Å²) in [6, 6.07) is 7.17. The van der Waals surface area contributed by atoms with Crippen LogP contribution in [0.3, 0.4) is 0 Å². The van der Waals surface area contributed by atoms with Crippen LogP contribution in [0, 0.1) is 0 Å². The highest BCUT2D eigenvalue weighted by atomic mass is 32.2. The average molecular weight is 280 g/mol. The van der Waals surface area contributed by atoms with Crippen LogP contribution in [-0.2, 0) is 16.6 Å². The molecule has 0 fully saturated rings. The van der Waals surface area contributed by atoms with Crippen LogP contribution in [0.5, 0.6) is 0 Å². The Morgan fingerprint density at radius 2 is 2.28 bits per heavy atom. The van der Waals surface area contributed by atoms with Gasteiger partial charge in [0.1, 0.15) is 5.75 Å². The van der Waals surface area contributed by atoms with Crippen LogP contribution in [-0.4, -0.2) is 14.3 Å². The number of aromatic nitrogens is 2. The summed E-state index contributed by atoms with van der Waals surface area (Å²) in [7, 11) is -1.15. The highest BCUT2D eigenvalue weighted by Crippen LogP contribution is 2.19. The van der Waals surface area contributed by atoms with Gasteiger partial charge in [0, 0.05) is 0 Å². The van der Waals surface area contributed by atoms with E-state index in [4.69, 9.17) is 8.94 Å². The second-order valence-corrected chi connectivity index (χ2v) is 6.04. The summed E-state index contributed by atoms with van der Waals surface area (Å²) >= 11 is 1.45. The molecule has 3 rings (SSSR count). The van der Waals surface area contributed by atoms with Crippen LogP contribution in [0.4, 0.5) is 0 Å². The zero-order valence-electron chi connectivity index (χ0n) is 9.11. The van der Waals surface area contributed by atoms with Gasteiger partial charge in [-0.25, -0.2) is 0 Å². The number of furan rings is 1. The molecule has 0 aliphatic heterocycles. The molecule has 0 aliphatic rings. The maximum Gasteiger partial charge on any atom is 0.240 e. The molecular formula is C11H8N2O3S2. The smallest absolute Gasteiger partial charge is 0.240 e. The fraction of sp³-hybridized carbons (Fsp3) is 0.0909. The van der Waals surface area contributed by atoms with Gasteiger partial charge >= 0.3 is 0 Å². The lowest BCUT2D eigenvalue weighted by Gasteiger charge is -1.92. The Morgan fingerprint density at radius 3 is 3.00 bits per heavy atom. The van der Waals surface area contributed by atoms with Crippen molar-refractivity contribution in [2.24, 2.45) is 0 Å². The first kappa shape index (κ1) is 11.4. The molecule has 7 heteroatoms. The van der Waals surface area contributed by atoms with E-state index in [1.54, 1.807) is 12.1 Å². The van der Waals surface area contributed by atoms with Gasteiger partial charge in [0.2, 0.25) is 11.7 Å². The third kappa shape index (κ3) is 2.27. The molecule has 5 nitrogen and oxygen atoms in total. The first-order valence-corrected chi connectivity index (χ1v) is 7.31. The normalized spacial score (nSPS) is 12.7. The van der Waals surface area contributed by atoms with Crippen LogP contribution in [0.25, 0.3) is 11.6 Å². The Labute approximate surface area is 109 Å². The van der Waals surface area contributed by atoms with Crippen LogP contribution in [0.15, 0.2) is 49.1 Å². The molecule has 1 atom stereocenters. The van der Waals surface area contributed by atoms with Gasteiger partial charge in [0.05, 0.1) is 21.3 Å². The number of hydrogen-bond donors (Lipinski definition) is 0. The summed E-state index contributed by atoms with van der Waals surface area (Å²) in [5.41, 5.74) is 0. The SMILES string of the molecule is O=[S@](Cc1nc(-c2ccco2)no1)c1cccs1. The maximum atomic E-state index is 11.9. The van der Waals surface area contributed by atoms with E-state index < -0.39 is 10.8 Å². The summed E-state index contributed by atoms with van der Waals surface area (Å²) in [5, 5.41) is 5.67. The molecule has 0 aliphatic carbocycles. The molecule has 0 saturated carbocycles. The zero-order chi connectivity index (χ0) is 12.4. The fourth-order valence-electron chi connectivity index (χ4n) is 1.40. The molecule has 3 heterocycles. The number of rotatable bonds is 4. The molecule has 0 aromatic carbocycles. The molecule has 0 N–H and O–H groups in total. The molecule has 18 heavy (non-hydrogen) atoms. The minimum absolute atomic E-state index is 0.216. The molecule has 3 aromatic rings. The standard InChI is InChI=1S/C11H8N2O3S2/c14-18(10-4-2-6-17-10)7-9-12-11(13-16-9)8-3-1-5-15-8/h1-6H,7H2/t18-/m1/s1. The highest BCUT2D eigenvalue weighted by Gasteiger charge is 2.14. The predicted octanol–water partition coefficient (Wildman–Crippen LogP) is 2.70. The molecule has 0 bridgehead atoms. The van der Waals surface area contributed by atoms with Gasteiger partial charge in [-0.15, -0.1) is 11.3 Å². The molecule has 0 spiro atoms. The van der Waals surface area contributed by atoms with Gasteiger partial charge in [-0.1, -0.05) is 11.2 Å². The van der Waals surface area contributed by atoms with Crippen LogP contribution >= 0.6 is 11.3 Å². The van der Waals surface area contributed by atoms with E-state index in [2.05, 4.69) is 10.1 Å². The molecule has 3 aromatic heterocycles. The Morgan fingerprint density at radius 1 is 1.33 bits per heavy atom. The molecule has 0 radical (unpaired) electrons. The van der Waals surface area contributed by atoms with Crippen LogP contribution in [0.2, 0.25) is 0 Å². The summed E-state index contributed by atoms with van der Waals surface area (Å²) in [6.07, 6.45) is 1.54. The van der Waals surface area contributed by atoms with E-state index in [1.807, 2.05) is 17.5 Å². The predicted molar refractivity (Wildman–Crippen MR) is 66.4 cm³/mol. The van der Waals surface area contributed by atoms with E-state index in [0.717, 1.165) is 4.21 Å². The second kappa shape index (κ2) is 4.87. The van der Waals surface area contributed by atoms with Crippen molar-refractivity contribution in [3.8, 4) is 11.6 Å². The largest absolute Gasteiger partial charge is 0.461 e. The van der Waals surface area contributed by atoms with E-state index >= 15 is 0 Å². The molecule has 0 unspecified atom stereocenters. The van der Waals surface area contributed by atoms with Crippen LogP contribution in [0.1, 0.15) is 5.89 Å².